The number of fused-ring (bicyclic) bond motifs is 1. The van der Waals surface area contributed by atoms with Crippen LogP contribution in [0.4, 0.5) is 19.0 Å². The van der Waals surface area contributed by atoms with E-state index in [4.69, 9.17) is 0 Å². The fraction of sp³-hybridized carbons (Fsp3) is 0.333. The average Bonchev–Trinajstić information content (AvgIpc) is 3.21. The Labute approximate surface area is 167 Å². The molecule has 1 aliphatic heterocycles. The second-order valence-corrected chi connectivity index (χ2v) is 7.30. The van der Waals surface area contributed by atoms with Crippen LogP contribution in [0.25, 0.3) is 10.2 Å². The van der Waals surface area contributed by atoms with Crippen molar-refractivity contribution in [3.05, 3.63) is 41.7 Å². The normalized spacial score (nSPS) is 15.0. The highest BCUT2D eigenvalue weighted by molar-refractivity contribution is 7.16. The summed E-state index contributed by atoms with van der Waals surface area (Å²) in [6.07, 6.45) is -1.66. The lowest BCUT2D eigenvalue weighted by Crippen LogP contribution is -2.49. The maximum atomic E-state index is 12.7. The number of anilines is 1. The maximum absolute atomic E-state index is 12.7. The van der Waals surface area contributed by atoms with Crippen LogP contribution in [0.15, 0.2) is 36.1 Å². The smallest absolute Gasteiger partial charge is 0.422 e. The lowest BCUT2D eigenvalue weighted by atomic mass is 10.2. The Morgan fingerprint density at radius 1 is 1.10 bits per heavy atom. The van der Waals surface area contributed by atoms with E-state index in [1.807, 2.05) is 11.4 Å². The van der Waals surface area contributed by atoms with E-state index in [1.54, 1.807) is 22.6 Å². The quantitative estimate of drug-likeness (QED) is 0.643. The van der Waals surface area contributed by atoms with Gasteiger partial charge in [0.2, 0.25) is 5.88 Å². The van der Waals surface area contributed by atoms with Crippen LogP contribution in [0.5, 0.6) is 5.88 Å². The molecule has 3 aromatic heterocycles. The van der Waals surface area contributed by atoms with Crippen LogP contribution in [0.3, 0.4) is 0 Å². The molecule has 0 atom stereocenters. The van der Waals surface area contributed by atoms with E-state index in [9.17, 15) is 18.0 Å². The Kier molecular flexibility index (Phi) is 5.22. The Balaban J connectivity index is 1.37. The number of rotatable bonds is 4. The molecule has 4 rings (SSSR count). The monoisotopic (exact) mass is 423 g/mol. The van der Waals surface area contributed by atoms with Gasteiger partial charge in [-0.3, -0.25) is 4.79 Å². The summed E-state index contributed by atoms with van der Waals surface area (Å²) in [6, 6.07) is 4.68. The summed E-state index contributed by atoms with van der Waals surface area (Å²) in [4.78, 5) is 29.8. The topological polar surface area (TPSA) is 71.5 Å². The minimum Gasteiger partial charge on any atom is -0.468 e. The molecule has 0 saturated carbocycles. The van der Waals surface area contributed by atoms with Gasteiger partial charge < -0.3 is 14.5 Å². The van der Waals surface area contributed by atoms with Crippen LogP contribution < -0.4 is 9.64 Å². The van der Waals surface area contributed by atoms with E-state index in [0.717, 1.165) is 16.0 Å². The van der Waals surface area contributed by atoms with Gasteiger partial charge in [-0.1, -0.05) is 0 Å². The van der Waals surface area contributed by atoms with Crippen molar-refractivity contribution in [2.24, 2.45) is 0 Å². The number of piperazine rings is 1. The largest absolute Gasteiger partial charge is 0.468 e. The number of halogens is 3. The minimum absolute atomic E-state index is 0.174. The summed E-state index contributed by atoms with van der Waals surface area (Å²) in [5, 5.41) is 2.97. The van der Waals surface area contributed by atoms with E-state index in [-0.39, 0.29) is 11.8 Å². The van der Waals surface area contributed by atoms with E-state index in [2.05, 4.69) is 24.6 Å². The Bertz CT molecular complexity index is 1000. The molecule has 29 heavy (non-hydrogen) atoms. The number of pyridine rings is 1. The van der Waals surface area contributed by atoms with Crippen LogP contribution in [-0.4, -0.2) is 64.7 Å². The summed E-state index contributed by atoms with van der Waals surface area (Å²) in [5.74, 6) is 0.464. The van der Waals surface area contributed by atoms with Gasteiger partial charge >= 0.3 is 6.18 Å². The molecule has 4 heterocycles. The fourth-order valence-electron chi connectivity index (χ4n) is 3.08. The number of hydrogen-bond donors (Lipinski definition) is 0. The molecule has 3 aromatic rings. The van der Waals surface area contributed by atoms with E-state index >= 15 is 0 Å². The molecular weight excluding hydrogens is 407 g/mol. The molecule has 0 spiro atoms. The van der Waals surface area contributed by atoms with E-state index in [0.29, 0.717) is 31.7 Å². The summed E-state index contributed by atoms with van der Waals surface area (Å²) in [7, 11) is 0. The summed E-state index contributed by atoms with van der Waals surface area (Å²) in [5.41, 5.74) is 0.306. The van der Waals surface area contributed by atoms with E-state index in [1.165, 1.54) is 18.3 Å². The predicted molar refractivity (Wildman–Crippen MR) is 101 cm³/mol. The summed E-state index contributed by atoms with van der Waals surface area (Å²) >= 11 is 1.55. The summed E-state index contributed by atoms with van der Waals surface area (Å²) < 4.78 is 41.1. The van der Waals surface area contributed by atoms with Gasteiger partial charge in [-0.25, -0.2) is 15.0 Å². The third kappa shape index (κ3) is 4.39. The third-order valence-electron chi connectivity index (χ3n) is 4.47. The van der Waals surface area contributed by atoms with Crippen molar-refractivity contribution in [1.82, 2.24) is 19.9 Å². The number of nitrogens with zero attached hydrogens (tertiary/aromatic N) is 5. The molecule has 11 heteroatoms. The Morgan fingerprint density at radius 2 is 1.90 bits per heavy atom. The number of thiophene rings is 1. The third-order valence-corrected chi connectivity index (χ3v) is 5.29. The van der Waals surface area contributed by atoms with Gasteiger partial charge in [-0.2, -0.15) is 13.2 Å². The first-order valence-corrected chi connectivity index (χ1v) is 9.67. The second kappa shape index (κ2) is 7.82. The molecular formula is C18H16F3N5O2S. The van der Waals surface area contributed by atoms with Crippen LogP contribution >= 0.6 is 11.3 Å². The van der Waals surface area contributed by atoms with Gasteiger partial charge in [0.15, 0.2) is 6.61 Å². The highest BCUT2D eigenvalue weighted by Gasteiger charge is 2.29. The zero-order chi connectivity index (χ0) is 20.4. The van der Waals surface area contributed by atoms with Crippen LogP contribution in [-0.2, 0) is 0 Å². The van der Waals surface area contributed by atoms with Crippen molar-refractivity contribution >= 4 is 33.3 Å². The van der Waals surface area contributed by atoms with Crippen molar-refractivity contribution in [3.8, 4) is 5.88 Å². The number of amides is 1. The molecule has 1 aliphatic rings. The number of ether oxygens (including phenoxy) is 1. The first-order valence-electron chi connectivity index (χ1n) is 8.79. The van der Waals surface area contributed by atoms with Gasteiger partial charge in [0.05, 0.1) is 10.9 Å². The fourth-order valence-corrected chi connectivity index (χ4v) is 3.81. The van der Waals surface area contributed by atoms with Crippen LogP contribution in [0.2, 0.25) is 0 Å². The predicted octanol–water partition coefficient (Wildman–Crippen LogP) is 2.99. The first kappa shape index (κ1) is 19.4. The van der Waals surface area contributed by atoms with Gasteiger partial charge in [-0.05, 0) is 17.5 Å². The molecule has 0 radical (unpaired) electrons. The average molecular weight is 423 g/mol. The van der Waals surface area contributed by atoms with Crippen molar-refractivity contribution < 1.29 is 22.7 Å². The van der Waals surface area contributed by atoms with Crippen molar-refractivity contribution in [2.45, 2.75) is 6.18 Å². The number of aromatic nitrogens is 3. The van der Waals surface area contributed by atoms with Crippen molar-refractivity contribution in [1.29, 1.82) is 0 Å². The highest BCUT2D eigenvalue weighted by Crippen LogP contribution is 2.27. The van der Waals surface area contributed by atoms with Gasteiger partial charge in [-0.15, -0.1) is 11.3 Å². The number of carbonyl (C=O) groups is 1. The van der Waals surface area contributed by atoms with Crippen molar-refractivity contribution in [2.75, 3.05) is 37.7 Å². The second-order valence-electron chi connectivity index (χ2n) is 6.40. The molecule has 0 bridgehead atoms. The molecule has 0 aromatic carbocycles. The lowest BCUT2D eigenvalue weighted by Gasteiger charge is -2.35. The lowest BCUT2D eigenvalue weighted by molar-refractivity contribution is -0.154. The number of hydrogen-bond acceptors (Lipinski definition) is 7. The van der Waals surface area contributed by atoms with Gasteiger partial charge in [0.25, 0.3) is 5.91 Å². The van der Waals surface area contributed by atoms with Crippen LogP contribution in [0, 0.1) is 0 Å². The van der Waals surface area contributed by atoms with E-state index < -0.39 is 12.8 Å². The Hall–Kier alpha value is -2.95. The van der Waals surface area contributed by atoms with Crippen molar-refractivity contribution in [3.63, 3.8) is 0 Å². The Morgan fingerprint density at radius 3 is 2.59 bits per heavy atom. The first-order chi connectivity index (χ1) is 13.9. The maximum Gasteiger partial charge on any atom is 0.422 e. The SMILES string of the molecule is O=C(c1ccc(OCC(F)(F)F)nc1)N1CCN(c2ncnc3sccc23)CC1. The molecule has 1 fully saturated rings. The molecule has 0 N–H and O–H groups in total. The molecule has 0 aliphatic carbocycles. The van der Waals surface area contributed by atoms with Gasteiger partial charge in [0.1, 0.15) is 17.0 Å². The summed E-state index contributed by atoms with van der Waals surface area (Å²) in [6.45, 7) is 0.819. The zero-order valence-electron chi connectivity index (χ0n) is 15.1. The standard InChI is InChI=1S/C18H16F3N5O2S/c19-18(20,21)10-28-14-2-1-12(9-22-14)17(27)26-6-4-25(5-7-26)15-13-3-8-29-16(13)24-11-23-15/h1-3,8-9,11H,4-7,10H2. The number of alkyl halides is 3. The zero-order valence-corrected chi connectivity index (χ0v) is 15.9. The van der Waals surface area contributed by atoms with Gasteiger partial charge in [0, 0.05) is 38.4 Å². The molecule has 7 nitrogen and oxygen atoms in total. The molecule has 1 amide bonds. The number of carbonyl (C=O) groups excluding carboxylic acids is 1. The highest BCUT2D eigenvalue weighted by atomic mass is 32.1. The molecule has 152 valence electrons. The molecule has 0 unspecified atom stereocenters. The molecule has 1 saturated heterocycles. The minimum atomic E-state index is -4.44. The van der Waals surface area contributed by atoms with Crippen LogP contribution in [0.1, 0.15) is 10.4 Å².